The number of thiocarbonyl (C=S) groups is 1. The molecule has 0 rings (SSSR count). The molecule has 0 bridgehead atoms. The zero-order valence-electron chi connectivity index (χ0n) is 4.26. The number of nitrogens with two attached hydrogens (primary N) is 1. The molecule has 0 aromatic carbocycles. The molecule has 0 radical (unpaired) electrons. The van der Waals surface area contributed by atoms with Crippen molar-refractivity contribution >= 4 is 23.2 Å². The van der Waals surface area contributed by atoms with Gasteiger partial charge in [-0.1, -0.05) is 12.2 Å². The largest absolute Gasteiger partial charge is 0.481 e. The second-order valence-electron chi connectivity index (χ2n) is 1.36. The number of aliphatic carboxylic acids is 1. The highest BCUT2D eigenvalue weighted by molar-refractivity contribution is 7.80. The maximum Gasteiger partial charge on any atom is 0.303 e. The first kappa shape index (κ1) is 7.36. The van der Waals surface area contributed by atoms with Crippen LogP contribution in [0.15, 0.2) is 0 Å². The molecule has 0 fully saturated rings. The number of hydrogen-bond acceptors (Lipinski definition) is 2. The van der Waals surface area contributed by atoms with Crippen molar-refractivity contribution in [2.75, 3.05) is 0 Å². The summed E-state index contributed by atoms with van der Waals surface area (Å²) in [6.07, 6.45) is 0.333. The van der Waals surface area contributed by atoms with Crippen LogP contribution in [-0.2, 0) is 4.79 Å². The van der Waals surface area contributed by atoms with Gasteiger partial charge in [0, 0.05) is 6.42 Å². The van der Waals surface area contributed by atoms with E-state index in [-0.39, 0.29) is 11.4 Å². The van der Waals surface area contributed by atoms with Gasteiger partial charge in [-0.3, -0.25) is 4.79 Å². The Hall–Kier alpha value is -0.640. The fraction of sp³-hybridized carbons (Fsp3) is 0.500. The van der Waals surface area contributed by atoms with Gasteiger partial charge < -0.3 is 10.8 Å². The monoisotopic (exact) mass is 133 g/mol. The Bertz CT molecular complexity index is 98.6. The minimum Gasteiger partial charge on any atom is -0.481 e. The van der Waals surface area contributed by atoms with Gasteiger partial charge in [-0.2, -0.15) is 0 Å². The van der Waals surface area contributed by atoms with Gasteiger partial charge in [0.15, 0.2) is 0 Å². The van der Waals surface area contributed by atoms with Crippen LogP contribution in [0.1, 0.15) is 12.8 Å². The van der Waals surface area contributed by atoms with E-state index in [1.54, 1.807) is 0 Å². The number of carbonyl (C=O) groups is 1. The first-order valence-electron chi connectivity index (χ1n) is 2.13. The van der Waals surface area contributed by atoms with Gasteiger partial charge in [0.1, 0.15) is 0 Å². The Kier molecular flexibility index (Phi) is 3.10. The summed E-state index contributed by atoms with van der Waals surface area (Å²) in [7, 11) is 0. The van der Waals surface area contributed by atoms with Crippen LogP contribution in [0.4, 0.5) is 0 Å². The summed E-state index contributed by atoms with van der Waals surface area (Å²) in [6, 6.07) is 0. The first-order valence-corrected chi connectivity index (χ1v) is 2.54. The van der Waals surface area contributed by atoms with E-state index >= 15 is 0 Å². The quantitative estimate of drug-likeness (QED) is 0.537. The molecule has 0 spiro atoms. The van der Waals surface area contributed by atoms with Crippen molar-refractivity contribution in [2.24, 2.45) is 5.73 Å². The lowest BCUT2D eigenvalue weighted by Crippen LogP contribution is -2.09. The predicted molar refractivity (Wildman–Crippen MR) is 33.7 cm³/mol. The Morgan fingerprint density at radius 1 is 1.62 bits per heavy atom. The molecule has 4 heteroatoms. The third kappa shape index (κ3) is 5.36. The molecule has 0 saturated carbocycles. The molecule has 0 unspecified atom stereocenters. The van der Waals surface area contributed by atoms with E-state index in [0.29, 0.717) is 6.42 Å². The molecule has 0 heterocycles. The maximum absolute atomic E-state index is 9.79. The second kappa shape index (κ2) is 3.37. The van der Waals surface area contributed by atoms with Crippen molar-refractivity contribution in [1.29, 1.82) is 0 Å². The van der Waals surface area contributed by atoms with Crippen LogP contribution in [0.25, 0.3) is 0 Å². The topological polar surface area (TPSA) is 63.3 Å². The normalized spacial score (nSPS) is 8.50. The second-order valence-corrected chi connectivity index (χ2v) is 1.88. The Morgan fingerprint density at radius 3 is 2.25 bits per heavy atom. The van der Waals surface area contributed by atoms with Crippen molar-refractivity contribution in [3.8, 4) is 0 Å². The highest BCUT2D eigenvalue weighted by Crippen LogP contribution is 1.86. The van der Waals surface area contributed by atoms with E-state index in [1.807, 2.05) is 0 Å². The summed E-state index contributed by atoms with van der Waals surface area (Å²) in [6.45, 7) is 0. The van der Waals surface area contributed by atoms with Crippen molar-refractivity contribution in [3.63, 3.8) is 0 Å². The standard InChI is InChI=1S/C4H7NO2S/c5-3(8)1-2-4(6)7/h1-2H2,(H2,5,8)(H,6,7). The fourth-order valence-electron chi connectivity index (χ4n) is 0.230. The van der Waals surface area contributed by atoms with E-state index in [9.17, 15) is 4.79 Å². The number of rotatable bonds is 3. The molecule has 3 nitrogen and oxygen atoms in total. The molecule has 8 heavy (non-hydrogen) atoms. The van der Waals surface area contributed by atoms with Gasteiger partial charge in [-0.05, 0) is 0 Å². The van der Waals surface area contributed by atoms with Crippen molar-refractivity contribution in [2.45, 2.75) is 12.8 Å². The maximum atomic E-state index is 9.79. The summed E-state index contributed by atoms with van der Waals surface area (Å²) in [5.74, 6) is -0.863. The molecule has 0 aliphatic rings. The van der Waals surface area contributed by atoms with Crippen molar-refractivity contribution in [3.05, 3.63) is 0 Å². The molecule has 0 amide bonds. The molecule has 0 aliphatic heterocycles. The molecule has 0 aliphatic carbocycles. The van der Waals surface area contributed by atoms with Gasteiger partial charge >= 0.3 is 5.97 Å². The summed E-state index contributed by atoms with van der Waals surface area (Å²) >= 11 is 4.43. The Labute approximate surface area is 52.5 Å². The van der Waals surface area contributed by atoms with Gasteiger partial charge in [-0.15, -0.1) is 0 Å². The minimum atomic E-state index is -0.863. The van der Waals surface area contributed by atoms with Gasteiger partial charge in [-0.25, -0.2) is 0 Å². The molecule has 0 aromatic heterocycles. The van der Waals surface area contributed by atoms with E-state index in [4.69, 9.17) is 10.8 Å². The summed E-state index contributed by atoms with van der Waals surface area (Å²) in [5, 5.41) is 8.05. The molecule has 0 atom stereocenters. The molecule has 3 N–H and O–H groups in total. The summed E-state index contributed by atoms with van der Waals surface area (Å²) in [5.41, 5.74) is 5.01. The van der Waals surface area contributed by atoms with Crippen LogP contribution in [0, 0.1) is 0 Å². The van der Waals surface area contributed by atoms with Crippen LogP contribution >= 0.6 is 12.2 Å². The highest BCUT2D eigenvalue weighted by Gasteiger charge is 1.95. The smallest absolute Gasteiger partial charge is 0.303 e. The highest BCUT2D eigenvalue weighted by atomic mass is 32.1. The van der Waals surface area contributed by atoms with Crippen LogP contribution in [0.3, 0.4) is 0 Å². The van der Waals surface area contributed by atoms with Gasteiger partial charge in [0.05, 0.1) is 11.4 Å². The fourth-order valence-corrected chi connectivity index (χ4v) is 0.332. The SMILES string of the molecule is NC(=S)CCC(=O)O. The van der Waals surface area contributed by atoms with E-state index in [0.717, 1.165) is 0 Å². The summed E-state index contributed by atoms with van der Waals surface area (Å²) in [4.78, 5) is 10.0. The molecule has 46 valence electrons. The first-order chi connectivity index (χ1) is 3.63. The predicted octanol–water partition coefficient (Wildman–Crippen LogP) is 0.137. The van der Waals surface area contributed by atoms with Crippen molar-refractivity contribution < 1.29 is 9.90 Å². The van der Waals surface area contributed by atoms with Crippen LogP contribution in [0.2, 0.25) is 0 Å². The Balaban J connectivity index is 3.18. The molecular weight excluding hydrogens is 126 g/mol. The molecule has 0 saturated heterocycles. The average Bonchev–Trinajstić information content (AvgIpc) is 1.61. The number of hydrogen-bond donors (Lipinski definition) is 2. The zero-order chi connectivity index (χ0) is 6.57. The zero-order valence-corrected chi connectivity index (χ0v) is 5.07. The lowest BCUT2D eigenvalue weighted by atomic mass is 10.3. The third-order valence-electron chi connectivity index (χ3n) is 0.585. The van der Waals surface area contributed by atoms with Gasteiger partial charge in [0.25, 0.3) is 0 Å². The van der Waals surface area contributed by atoms with Crippen LogP contribution in [-0.4, -0.2) is 16.1 Å². The summed E-state index contributed by atoms with van der Waals surface area (Å²) < 4.78 is 0. The van der Waals surface area contributed by atoms with Crippen LogP contribution in [0.5, 0.6) is 0 Å². The van der Waals surface area contributed by atoms with E-state index in [2.05, 4.69) is 12.2 Å². The minimum absolute atomic E-state index is 0.0370. The van der Waals surface area contributed by atoms with E-state index < -0.39 is 5.97 Å². The average molecular weight is 133 g/mol. The van der Waals surface area contributed by atoms with E-state index in [1.165, 1.54) is 0 Å². The lowest BCUT2D eigenvalue weighted by molar-refractivity contribution is -0.136. The van der Waals surface area contributed by atoms with Crippen LogP contribution < -0.4 is 5.73 Å². The number of carboxylic acid groups (broad SMARTS) is 1. The Morgan fingerprint density at radius 2 is 2.12 bits per heavy atom. The van der Waals surface area contributed by atoms with Crippen molar-refractivity contribution in [1.82, 2.24) is 0 Å². The third-order valence-corrected chi connectivity index (χ3v) is 0.789. The van der Waals surface area contributed by atoms with Gasteiger partial charge in [0.2, 0.25) is 0 Å². The molecular formula is C4H7NO2S. The lowest BCUT2D eigenvalue weighted by Gasteiger charge is -1.89. The number of carboxylic acids is 1. The molecule has 0 aromatic rings.